The zero-order valence-electron chi connectivity index (χ0n) is 8.32. The van der Waals surface area contributed by atoms with Crippen LogP contribution in [0.4, 0.5) is 0 Å². The van der Waals surface area contributed by atoms with Gasteiger partial charge in [-0.1, -0.05) is 11.6 Å². The molecule has 0 aliphatic rings. The molecule has 2 rings (SSSR count). The molecule has 1 heterocycles. The molecule has 0 atom stereocenters. The van der Waals surface area contributed by atoms with Gasteiger partial charge in [0.1, 0.15) is 5.69 Å². The van der Waals surface area contributed by atoms with Gasteiger partial charge in [0.2, 0.25) is 0 Å². The van der Waals surface area contributed by atoms with Crippen molar-refractivity contribution in [1.82, 2.24) is 9.78 Å². The molecule has 3 nitrogen and oxygen atoms in total. The zero-order chi connectivity index (χ0) is 10.1. The van der Waals surface area contributed by atoms with Crippen molar-refractivity contribution in [3.05, 3.63) is 29.5 Å². The lowest BCUT2D eigenvalue weighted by Gasteiger charge is -1.95. The van der Waals surface area contributed by atoms with Gasteiger partial charge < -0.3 is 0 Å². The second-order valence-corrected chi connectivity index (χ2v) is 3.34. The second-order valence-electron chi connectivity index (χ2n) is 3.34. The van der Waals surface area contributed by atoms with E-state index < -0.39 is 0 Å². The summed E-state index contributed by atoms with van der Waals surface area (Å²) >= 11 is 0. The highest BCUT2D eigenvalue weighted by Crippen LogP contribution is 2.18. The molecule has 0 unspecified atom stereocenters. The topological polar surface area (TPSA) is 34.9 Å². The fraction of sp³-hybridized carbons (Fsp3) is 0.273. The molecule has 0 radical (unpaired) electrons. The Morgan fingerprint density at radius 1 is 1.50 bits per heavy atom. The average Bonchev–Trinajstić information content (AvgIpc) is 2.54. The third kappa shape index (κ3) is 1.21. The summed E-state index contributed by atoms with van der Waals surface area (Å²) in [5.41, 5.74) is 2.71. The van der Waals surface area contributed by atoms with E-state index in [4.69, 9.17) is 0 Å². The van der Waals surface area contributed by atoms with Gasteiger partial charge in [0.25, 0.3) is 0 Å². The van der Waals surface area contributed by atoms with Gasteiger partial charge in [-0.25, -0.2) is 0 Å². The molecule has 0 bridgehead atoms. The lowest BCUT2D eigenvalue weighted by atomic mass is 10.1. The third-order valence-corrected chi connectivity index (χ3v) is 2.35. The van der Waals surface area contributed by atoms with Crippen molar-refractivity contribution in [1.29, 1.82) is 0 Å². The predicted molar refractivity (Wildman–Crippen MR) is 55.5 cm³/mol. The lowest BCUT2D eigenvalue weighted by molar-refractivity contribution is 0.111. The van der Waals surface area contributed by atoms with Crippen molar-refractivity contribution in [2.45, 2.75) is 20.4 Å². The van der Waals surface area contributed by atoms with E-state index in [0.717, 1.165) is 29.3 Å². The van der Waals surface area contributed by atoms with Crippen LogP contribution in [0.1, 0.15) is 23.0 Å². The Bertz CT molecular complexity index is 485. The number of fused-ring (bicyclic) bond motifs is 1. The highest BCUT2D eigenvalue weighted by atomic mass is 16.1. The van der Waals surface area contributed by atoms with Crippen LogP contribution in [0.15, 0.2) is 18.2 Å². The molecule has 0 aliphatic heterocycles. The highest BCUT2D eigenvalue weighted by Gasteiger charge is 2.08. The van der Waals surface area contributed by atoms with Crippen molar-refractivity contribution >= 4 is 17.2 Å². The minimum absolute atomic E-state index is 0.672. The molecule has 1 aromatic heterocycles. The molecule has 0 N–H and O–H groups in total. The number of benzene rings is 1. The second kappa shape index (κ2) is 3.25. The minimum Gasteiger partial charge on any atom is -0.296 e. The van der Waals surface area contributed by atoms with Crippen LogP contribution in [-0.2, 0) is 6.54 Å². The van der Waals surface area contributed by atoms with Crippen LogP contribution in [0.2, 0.25) is 0 Å². The van der Waals surface area contributed by atoms with E-state index in [1.54, 1.807) is 4.68 Å². The molecule has 0 fully saturated rings. The number of aryl methyl sites for hydroxylation is 2. The van der Waals surface area contributed by atoms with E-state index in [1.807, 2.05) is 32.0 Å². The molecule has 3 heteroatoms. The van der Waals surface area contributed by atoms with Crippen LogP contribution in [0.3, 0.4) is 0 Å². The van der Waals surface area contributed by atoms with Crippen LogP contribution >= 0.6 is 0 Å². The summed E-state index contributed by atoms with van der Waals surface area (Å²) in [6.07, 6.45) is 0.873. The number of nitrogens with zero attached hydrogens (tertiary/aromatic N) is 2. The Balaban J connectivity index is 2.81. The van der Waals surface area contributed by atoms with E-state index in [-0.39, 0.29) is 0 Å². The molecule has 0 saturated carbocycles. The van der Waals surface area contributed by atoms with E-state index in [2.05, 4.69) is 5.10 Å². The summed E-state index contributed by atoms with van der Waals surface area (Å²) in [6.45, 7) is 4.71. The molecule has 14 heavy (non-hydrogen) atoms. The number of carbonyl (C=O) groups is 1. The maximum atomic E-state index is 10.9. The van der Waals surface area contributed by atoms with Gasteiger partial charge in [0.15, 0.2) is 6.29 Å². The van der Waals surface area contributed by atoms with Crippen molar-refractivity contribution in [2.24, 2.45) is 0 Å². The summed E-state index contributed by atoms with van der Waals surface area (Å²) in [5.74, 6) is 0. The van der Waals surface area contributed by atoms with Crippen LogP contribution in [0, 0.1) is 6.92 Å². The van der Waals surface area contributed by atoms with Crippen molar-refractivity contribution in [3.8, 4) is 0 Å². The Morgan fingerprint density at radius 2 is 2.29 bits per heavy atom. The van der Waals surface area contributed by atoms with Crippen molar-refractivity contribution in [2.75, 3.05) is 0 Å². The standard InChI is InChI=1S/C11H12N2O/c1-3-13-11(7-14)9-6-8(2)4-5-10(9)12-13/h4-7H,3H2,1-2H3. The van der Waals surface area contributed by atoms with E-state index in [9.17, 15) is 4.79 Å². The van der Waals surface area contributed by atoms with Gasteiger partial charge in [0.05, 0.1) is 5.52 Å². The quantitative estimate of drug-likeness (QED) is 0.677. The zero-order valence-corrected chi connectivity index (χ0v) is 8.32. The lowest BCUT2D eigenvalue weighted by Crippen LogP contribution is -2.00. The Morgan fingerprint density at radius 3 is 2.93 bits per heavy atom. The van der Waals surface area contributed by atoms with Crippen LogP contribution in [-0.4, -0.2) is 16.1 Å². The maximum absolute atomic E-state index is 10.9. The molecule has 1 aromatic carbocycles. The molecule has 0 amide bonds. The summed E-state index contributed by atoms with van der Waals surface area (Å²) in [5, 5.41) is 5.27. The normalized spacial score (nSPS) is 10.7. The van der Waals surface area contributed by atoms with E-state index in [0.29, 0.717) is 5.69 Å². The van der Waals surface area contributed by atoms with Crippen LogP contribution in [0.25, 0.3) is 10.9 Å². The number of aromatic nitrogens is 2. The maximum Gasteiger partial charge on any atom is 0.168 e. The number of hydrogen-bond donors (Lipinski definition) is 0. The summed E-state index contributed by atoms with van der Waals surface area (Å²) in [4.78, 5) is 10.9. The first kappa shape index (κ1) is 8.94. The number of hydrogen-bond acceptors (Lipinski definition) is 2. The van der Waals surface area contributed by atoms with Gasteiger partial charge in [0, 0.05) is 11.9 Å². The molecule has 0 spiro atoms. The fourth-order valence-corrected chi connectivity index (χ4v) is 1.63. The van der Waals surface area contributed by atoms with Crippen molar-refractivity contribution < 1.29 is 4.79 Å². The number of rotatable bonds is 2. The smallest absolute Gasteiger partial charge is 0.168 e. The molecule has 0 saturated heterocycles. The number of carbonyl (C=O) groups excluding carboxylic acids is 1. The molecule has 0 aliphatic carbocycles. The van der Waals surface area contributed by atoms with Gasteiger partial charge in [-0.05, 0) is 26.0 Å². The fourth-order valence-electron chi connectivity index (χ4n) is 1.63. The van der Waals surface area contributed by atoms with Gasteiger partial charge in [-0.3, -0.25) is 9.48 Å². The van der Waals surface area contributed by atoms with E-state index in [1.165, 1.54) is 0 Å². The van der Waals surface area contributed by atoms with E-state index >= 15 is 0 Å². The monoisotopic (exact) mass is 188 g/mol. The largest absolute Gasteiger partial charge is 0.296 e. The number of aldehydes is 1. The first-order valence-corrected chi connectivity index (χ1v) is 4.68. The third-order valence-electron chi connectivity index (χ3n) is 2.35. The summed E-state index contributed by atoms with van der Waals surface area (Å²) in [7, 11) is 0. The summed E-state index contributed by atoms with van der Waals surface area (Å²) in [6, 6.07) is 5.95. The van der Waals surface area contributed by atoms with Crippen LogP contribution in [0.5, 0.6) is 0 Å². The van der Waals surface area contributed by atoms with Gasteiger partial charge in [-0.15, -0.1) is 0 Å². The Hall–Kier alpha value is -1.64. The molecular weight excluding hydrogens is 176 g/mol. The van der Waals surface area contributed by atoms with Gasteiger partial charge >= 0.3 is 0 Å². The predicted octanol–water partition coefficient (Wildman–Crippen LogP) is 2.18. The first-order chi connectivity index (χ1) is 6.76. The average molecular weight is 188 g/mol. The minimum atomic E-state index is 0.672. The highest BCUT2D eigenvalue weighted by molar-refractivity contribution is 5.95. The molecular formula is C11H12N2O. The van der Waals surface area contributed by atoms with Gasteiger partial charge in [-0.2, -0.15) is 5.10 Å². The SMILES string of the molecule is CCn1nc2ccc(C)cc2c1C=O. The Labute approximate surface area is 82.3 Å². The molecule has 2 aromatic rings. The van der Waals surface area contributed by atoms with Crippen molar-refractivity contribution in [3.63, 3.8) is 0 Å². The first-order valence-electron chi connectivity index (χ1n) is 4.68. The summed E-state index contributed by atoms with van der Waals surface area (Å²) < 4.78 is 1.73. The van der Waals surface area contributed by atoms with Crippen LogP contribution < -0.4 is 0 Å². The Kier molecular flexibility index (Phi) is 2.08. The molecule has 72 valence electrons.